The minimum absolute atomic E-state index is 0.0977. The minimum Gasteiger partial charge on any atom is -0.468 e. The monoisotopic (exact) mass is 312 g/mol. The molecule has 1 heterocycles. The molecule has 0 radical (unpaired) electrons. The molecule has 0 bridgehead atoms. The first-order valence-corrected chi connectivity index (χ1v) is 7.83. The van der Waals surface area contributed by atoms with E-state index in [0.717, 1.165) is 6.07 Å². The van der Waals surface area contributed by atoms with Crippen molar-refractivity contribution in [2.45, 2.75) is 10.9 Å². The van der Waals surface area contributed by atoms with Crippen molar-refractivity contribution >= 4 is 10.0 Å². The van der Waals surface area contributed by atoms with Gasteiger partial charge in [-0.05, 0) is 44.4 Å². The third kappa shape index (κ3) is 3.90. The smallest absolute Gasteiger partial charge is 0.240 e. The number of sulfonamides is 1. The van der Waals surface area contributed by atoms with Crippen LogP contribution in [0, 0.1) is 5.82 Å². The molecule has 7 heteroatoms. The van der Waals surface area contributed by atoms with Gasteiger partial charge in [-0.1, -0.05) is 6.07 Å². The van der Waals surface area contributed by atoms with Gasteiger partial charge in [-0.2, -0.15) is 0 Å². The van der Waals surface area contributed by atoms with Gasteiger partial charge < -0.3 is 4.42 Å². The van der Waals surface area contributed by atoms with Crippen molar-refractivity contribution in [2.75, 3.05) is 20.6 Å². The molecule has 21 heavy (non-hydrogen) atoms. The number of likely N-dealkylation sites (N-methyl/N-ethyl adjacent to an activating group) is 1. The first-order valence-electron chi connectivity index (χ1n) is 6.35. The molecule has 1 N–H and O–H groups in total. The minimum atomic E-state index is -3.76. The van der Waals surface area contributed by atoms with Gasteiger partial charge >= 0.3 is 0 Å². The van der Waals surface area contributed by atoms with Crippen LogP contribution in [0.5, 0.6) is 0 Å². The molecule has 0 unspecified atom stereocenters. The Morgan fingerprint density at radius 2 is 2.05 bits per heavy atom. The Bertz CT molecular complexity index is 684. The summed E-state index contributed by atoms with van der Waals surface area (Å²) in [6, 6.07) is 8.17. The summed E-state index contributed by atoms with van der Waals surface area (Å²) in [6.07, 6.45) is 1.53. The number of hydrogen-bond donors (Lipinski definition) is 1. The molecule has 114 valence electrons. The average molecular weight is 312 g/mol. The molecule has 2 aromatic rings. The zero-order valence-electron chi connectivity index (χ0n) is 11.8. The Morgan fingerprint density at radius 3 is 2.62 bits per heavy atom. The molecule has 5 nitrogen and oxygen atoms in total. The first-order chi connectivity index (χ1) is 9.90. The maximum atomic E-state index is 13.1. The normalized spacial score (nSPS) is 13.5. The van der Waals surface area contributed by atoms with E-state index in [1.165, 1.54) is 24.5 Å². The van der Waals surface area contributed by atoms with Gasteiger partial charge in [-0.25, -0.2) is 17.5 Å². The zero-order chi connectivity index (χ0) is 15.5. The molecule has 1 aromatic heterocycles. The van der Waals surface area contributed by atoms with Crippen LogP contribution in [0.4, 0.5) is 4.39 Å². The predicted molar refractivity (Wildman–Crippen MR) is 76.7 cm³/mol. The highest BCUT2D eigenvalue weighted by Crippen LogP contribution is 2.19. The van der Waals surface area contributed by atoms with E-state index in [9.17, 15) is 12.8 Å². The fraction of sp³-hybridized carbons (Fsp3) is 0.286. The van der Waals surface area contributed by atoms with Crippen molar-refractivity contribution in [1.29, 1.82) is 0 Å². The van der Waals surface area contributed by atoms with Gasteiger partial charge in [-0.3, -0.25) is 4.90 Å². The summed E-state index contributed by atoms with van der Waals surface area (Å²) in [5, 5.41) is 0. The lowest BCUT2D eigenvalue weighted by Gasteiger charge is -2.22. The second-order valence-corrected chi connectivity index (χ2v) is 6.57. The van der Waals surface area contributed by atoms with Crippen molar-refractivity contribution in [2.24, 2.45) is 0 Å². The number of benzene rings is 1. The Kier molecular flexibility index (Phi) is 4.76. The summed E-state index contributed by atoms with van der Waals surface area (Å²) < 4.78 is 45.2. The third-order valence-electron chi connectivity index (χ3n) is 3.07. The van der Waals surface area contributed by atoms with E-state index in [0.29, 0.717) is 5.76 Å². The number of halogens is 1. The van der Waals surface area contributed by atoms with Crippen molar-refractivity contribution in [1.82, 2.24) is 9.62 Å². The van der Waals surface area contributed by atoms with Crippen LogP contribution in [-0.2, 0) is 10.0 Å². The van der Waals surface area contributed by atoms with E-state index >= 15 is 0 Å². The average Bonchev–Trinajstić information content (AvgIpc) is 2.92. The van der Waals surface area contributed by atoms with Gasteiger partial charge in [0.05, 0.1) is 17.2 Å². The summed E-state index contributed by atoms with van der Waals surface area (Å²) >= 11 is 0. The van der Waals surface area contributed by atoms with E-state index in [1.807, 2.05) is 19.0 Å². The lowest BCUT2D eigenvalue weighted by molar-refractivity contribution is 0.259. The van der Waals surface area contributed by atoms with Crippen LogP contribution in [0.2, 0.25) is 0 Å². The summed E-state index contributed by atoms with van der Waals surface area (Å²) in [6.45, 7) is 0.124. The SMILES string of the molecule is CN(C)[C@@H](CNS(=O)(=O)c1cccc(F)c1)c1ccco1. The molecule has 0 aliphatic rings. The molecule has 0 amide bonds. The van der Waals surface area contributed by atoms with Crippen LogP contribution in [-0.4, -0.2) is 34.0 Å². The Labute approximate surface area is 123 Å². The van der Waals surface area contributed by atoms with E-state index in [2.05, 4.69) is 4.72 Å². The summed E-state index contributed by atoms with van der Waals surface area (Å²) in [5.41, 5.74) is 0. The van der Waals surface area contributed by atoms with Crippen molar-refractivity contribution in [3.63, 3.8) is 0 Å². The van der Waals surface area contributed by atoms with Gasteiger partial charge in [0.15, 0.2) is 0 Å². The van der Waals surface area contributed by atoms with Gasteiger partial charge in [0.25, 0.3) is 0 Å². The van der Waals surface area contributed by atoms with E-state index in [1.54, 1.807) is 12.1 Å². The van der Waals surface area contributed by atoms with Gasteiger partial charge in [-0.15, -0.1) is 0 Å². The maximum absolute atomic E-state index is 13.1. The van der Waals surface area contributed by atoms with Gasteiger partial charge in [0.1, 0.15) is 11.6 Å². The van der Waals surface area contributed by atoms with Crippen LogP contribution in [0.15, 0.2) is 52.0 Å². The molecule has 0 fully saturated rings. The Morgan fingerprint density at radius 1 is 1.29 bits per heavy atom. The molecular weight excluding hydrogens is 295 g/mol. The first kappa shape index (κ1) is 15.7. The number of furan rings is 1. The van der Waals surface area contributed by atoms with Gasteiger partial charge in [0, 0.05) is 6.54 Å². The van der Waals surface area contributed by atoms with Crippen molar-refractivity contribution < 1.29 is 17.2 Å². The summed E-state index contributed by atoms with van der Waals surface area (Å²) in [4.78, 5) is 1.74. The highest BCUT2D eigenvalue weighted by molar-refractivity contribution is 7.89. The zero-order valence-corrected chi connectivity index (χ0v) is 12.6. The van der Waals surface area contributed by atoms with E-state index in [4.69, 9.17) is 4.42 Å². The van der Waals surface area contributed by atoms with E-state index < -0.39 is 15.8 Å². The van der Waals surface area contributed by atoms with Crippen LogP contribution in [0.1, 0.15) is 11.8 Å². The molecule has 1 aromatic carbocycles. The largest absolute Gasteiger partial charge is 0.468 e. The Balaban J connectivity index is 2.13. The molecule has 0 spiro atoms. The molecule has 0 saturated heterocycles. The lowest BCUT2D eigenvalue weighted by Crippen LogP contribution is -2.34. The second-order valence-electron chi connectivity index (χ2n) is 4.80. The number of nitrogens with one attached hydrogen (secondary N) is 1. The predicted octanol–water partition coefficient (Wildman–Crippen LogP) is 2.00. The van der Waals surface area contributed by atoms with Gasteiger partial charge in [0.2, 0.25) is 10.0 Å². The highest BCUT2D eigenvalue weighted by atomic mass is 32.2. The van der Waals surface area contributed by atoms with Crippen molar-refractivity contribution in [3.05, 3.63) is 54.2 Å². The maximum Gasteiger partial charge on any atom is 0.240 e. The molecule has 0 saturated carbocycles. The third-order valence-corrected chi connectivity index (χ3v) is 4.49. The summed E-state index contributed by atoms with van der Waals surface area (Å²) in [5.74, 6) is 0.0648. The van der Waals surface area contributed by atoms with Crippen molar-refractivity contribution in [3.8, 4) is 0 Å². The molecule has 0 aliphatic heterocycles. The molecule has 0 aliphatic carbocycles. The number of rotatable bonds is 6. The molecular formula is C14H17FN2O3S. The second kappa shape index (κ2) is 6.38. The Hall–Kier alpha value is -1.70. The molecule has 2 rings (SSSR count). The van der Waals surface area contributed by atoms with Crippen LogP contribution in [0.25, 0.3) is 0 Å². The van der Waals surface area contributed by atoms with E-state index in [-0.39, 0.29) is 17.5 Å². The highest BCUT2D eigenvalue weighted by Gasteiger charge is 2.21. The van der Waals surface area contributed by atoms with Crippen LogP contribution >= 0.6 is 0 Å². The molecule has 1 atom stereocenters. The topological polar surface area (TPSA) is 62.6 Å². The number of hydrogen-bond acceptors (Lipinski definition) is 4. The number of nitrogens with zero attached hydrogens (tertiary/aromatic N) is 1. The van der Waals surface area contributed by atoms with Crippen LogP contribution < -0.4 is 4.72 Å². The lowest BCUT2D eigenvalue weighted by atomic mass is 10.2. The fourth-order valence-electron chi connectivity index (χ4n) is 1.92. The fourth-order valence-corrected chi connectivity index (χ4v) is 2.99. The quantitative estimate of drug-likeness (QED) is 0.886. The summed E-state index contributed by atoms with van der Waals surface area (Å²) in [7, 11) is -0.115. The van der Waals surface area contributed by atoms with Crippen LogP contribution in [0.3, 0.4) is 0 Å². The standard InChI is InChI=1S/C14H17FN2O3S/c1-17(2)13(14-7-4-8-20-14)10-16-21(18,19)12-6-3-5-11(15)9-12/h3-9,13,16H,10H2,1-2H3/t13-/m0/s1.